The molecule has 14 heavy (non-hydrogen) atoms. The van der Waals surface area contributed by atoms with Gasteiger partial charge in [0, 0.05) is 18.0 Å². The highest BCUT2D eigenvalue weighted by Crippen LogP contribution is 2.40. The molecule has 4 N–H and O–H groups in total. The minimum atomic E-state index is -0.223. The molecule has 4 nitrogen and oxygen atoms in total. The van der Waals surface area contributed by atoms with Crippen molar-refractivity contribution in [1.29, 1.82) is 0 Å². The average molecular weight is 199 g/mol. The summed E-state index contributed by atoms with van der Waals surface area (Å²) in [5.74, 6) is 0.497. The quantitative estimate of drug-likeness (QED) is 0.457. The molecule has 1 saturated carbocycles. The van der Waals surface area contributed by atoms with Crippen LogP contribution in [0.4, 0.5) is 0 Å². The Labute approximate surface area is 85.6 Å². The molecule has 0 aromatic carbocycles. The topological polar surface area (TPSA) is 70.6 Å². The smallest absolute Gasteiger partial charge is 0.188 e. The fraction of sp³-hybridized carbons (Fsp3) is 0.900. The van der Waals surface area contributed by atoms with E-state index in [2.05, 4.69) is 17.2 Å². The fourth-order valence-electron chi connectivity index (χ4n) is 1.60. The third kappa shape index (κ3) is 2.18. The lowest BCUT2D eigenvalue weighted by Gasteiger charge is -2.49. The summed E-state index contributed by atoms with van der Waals surface area (Å²) in [5.41, 5.74) is 5.60. The molecule has 1 aliphatic carbocycles. The standard InChI is InChI=1S/C10H21N3O/c1-4-5-12-9(11)13-7-6-8(14)10(7,2)3/h7-8,14H,4-6H2,1-3H3,(H3,11,12,13). The second-order valence-corrected chi connectivity index (χ2v) is 4.54. The number of hydrogen-bond donors (Lipinski definition) is 3. The molecule has 0 aliphatic heterocycles. The maximum Gasteiger partial charge on any atom is 0.188 e. The van der Waals surface area contributed by atoms with Gasteiger partial charge in [-0.1, -0.05) is 20.8 Å². The molecule has 0 bridgehead atoms. The second-order valence-electron chi connectivity index (χ2n) is 4.54. The molecule has 0 amide bonds. The van der Waals surface area contributed by atoms with Gasteiger partial charge in [0.25, 0.3) is 0 Å². The first-order valence-corrected chi connectivity index (χ1v) is 5.23. The number of hydrogen-bond acceptors (Lipinski definition) is 2. The van der Waals surface area contributed by atoms with E-state index in [1.807, 2.05) is 13.8 Å². The molecule has 1 rings (SSSR count). The number of nitrogens with zero attached hydrogens (tertiary/aromatic N) is 1. The van der Waals surface area contributed by atoms with Crippen LogP contribution in [0.15, 0.2) is 4.99 Å². The van der Waals surface area contributed by atoms with Crippen LogP contribution in [-0.2, 0) is 0 Å². The van der Waals surface area contributed by atoms with Gasteiger partial charge in [-0.3, -0.25) is 4.99 Å². The van der Waals surface area contributed by atoms with Crippen LogP contribution in [0.5, 0.6) is 0 Å². The summed E-state index contributed by atoms with van der Waals surface area (Å²) in [6.45, 7) is 6.89. The first-order chi connectivity index (χ1) is 6.48. The summed E-state index contributed by atoms with van der Waals surface area (Å²) in [4.78, 5) is 4.16. The summed E-state index contributed by atoms with van der Waals surface area (Å²) in [7, 11) is 0. The second kappa shape index (κ2) is 4.17. The fourth-order valence-corrected chi connectivity index (χ4v) is 1.60. The Morgan fingerprint density at radius 3 is 2.71 bits per heavy atom. The highest BCUT2D eigenvalue weighted by atomic mass is 16.3. The molecule has 2 atom stereocenters. The molecule has 1 fully saturated rings. The van der Waals surface area contributed by atoms with Gasteiger partial charge in [-0.05, 0) is 12.8 Å². The van der Waals surface area contributed by atoms with Crippen molar-refractivity contribution in [3.8, 4) is 0 Å². The lowest BCUT2D eigenvalue weighted by atomic mass is 9.65. The number of nitrogens with two attached hydrogens (primary N) is 1. The molecule has 0 aromatic rings. The first kappa shape index (κ1) is 11.3. The van der Waals surface area contributed by atoms with Gasteiger partial charge in [0.2, 0.25) is 0 Å². The maximum absolute atomic E-state index is 9.51. The van der Waals surface area contributed by atoms with E-state index in [0.717, 1.165) is 19.4 Å². The van der Waals surface area contributed by atoms with Gasteiger partial charge in [-0.15, -0.1) is 0 Å². The Kier molecular flexibility index (Phi) is 3.37. The number of guanidine groups is 1. The van der Waals surface area contributed by atoms with Crippen molar-refractivity contribution in [3.05, 3.63) is 0 Å². The van der Waals surface area contributed by atoms with Crippen LogP contribution in [0, 0.1) is 5.41 Å². The molecule has 0 saturated heterocycles. The van der Waals surface area contributed by atoms with E-state index in [4.69, 9.17) is 5.73 Å². The van der Waals surface area contributed by atoms with Crippen LogP contribution in [0.2, 0.25) is 0 Å². The zero-order valence-corrected chi connectivity index (χ0v) is 9.25. The molecular formula is C10H21N3O. The lowest BCUT2D eigenvalue weighted by Crippen LogP contribution is -2.62. The van der Waals surface area contributed by atoms with Crippen LogP contribution in [0.3, 0.4) is 0 Å². The molecule has 1 aliphatic rings. The molecular weight excluding hydrogens is 178 g/mol. The maximum atomic E-state index is 9.51. The van der Waals surface area contributed by atoms with Crippen molar-refractivity contribution >= 4 is 5.96 Å². The Morgan fingerprint density at radius 1 is 1.64 bits per heavy atom. The van der Waals surface area contributed by atoms with Crippen molar-refractivity contribution < 1.29 is 5.11 Å². The van der Waals surface area contributed by atoms with Gasteiger partial charge in [0.1, 0.15) is 0 Å². The zero-order chi connectivity index (χ0) is 10.8. The summed E-state index contributed by atoms with van der Waals surface area (Å²) >= 11 is 0. The van der Waals surface area contributed by atoms with Crippen molar-refractivity contribution in [2.75, 3.05) is 6.54 Å². The molecule has 0 aromatic heterocycles. The molecule has 4 heteroatoms. The van der Waals surface area contributed by atoms with Gasteiger partial charge in [-0.25, -0.2) is 0 Å². The molecule has 0 heterocycles. The third-order valence-electron chi connectivity index (χ3n) is 3.04. The van der Waals surface area contributed by atoms with E-state index in [1.54, 1.807) is 0 Å². The Morgan fingerprint density at radius 2 is 2.29 bits per heavy atom. The molecule has 0 radical (unpaired) electrons. The van der Waals surface area contributed by atoms with Gasteiger partial charge in [0.05, 0.1) is 6.10 Å². The van der Waals surface area contributed by atoms with Crippen molar-refractivity contribution in [2.24, 2.45) is 16.1 Å². The van der Waals surface area contributed by atoms with E-state index >= 15 is 0 Å². The van der Waals surface area contributed by atoms with Crippen LogP contribution in [0.1, 0.15) is 33.6 Å². The highest BCUT2D eigenvalue weighted by Gasteiger charge is 2.47. The van der Waals surface area contributed by atoms with Crippen molar-refractivity contribution in [3.63, 3.8) is 0 Å². The predicted molar refractivity (Wildman–Crippen MR) is 58.1 cm³/mol. The Hall–Kier alpha value is -0.770. The van der Waals surface area contributed by atoms with Gasteiger partial charge in [-0.2, -0.15) is 0 Å². The van der Waals surface area contributed by atoms with Crippen LogP contribution in [-0.4, -0.2) is 29.8 Å². The molecule has 82 valence electrons. The van der Waals surface area contributed by atoms with Gasteiger partial charge >= 0.3 is 0 Å². The lowest BCUT2D eigenvalue weighted by molar-refractivity contribution is -0.0660. The SMILES string of the molecule is CCCN=C(N)NC1CC(O)C1(C)C. The van der Waals surface area contributed by atoms with Crippen LogP contribution in [0.25, 0.3) is 0 Å². The Bertz CT molecular complexity index is 225. The number of nitrogens with one attached hydrogen (secondary N) is 1. The van der Waals surface area contributed by atoms with Gasteiger partial charge in [0.15, 0.2) is 5.96 Å². The molecule has 2 unspecified atom stereocenters. The summed E-state index contributed by atoms with van der Waals surface area (Å²) in [5, 5.41) is 12.7. The largest absolute Gasteiger partial charge is 0.392 e. The van der Waals surface area contributed by atoms with Crippen molar-refractivity contribution in [1.82, 2.24) is 5.32 Å². The predicted octanol–water partition coefficient (Wildman–Crippen LogP) is 0.460. The Balaban J connectivity index is 2.39. The van der Waals surface area contributed by atoms with Gasteiger partial charge < -0.3 is 16.2 Å². The van der Waals surface area contributed by atoms with E-state index < -0.39 is 0 Å². The van der Waals surface area contributed by atoms with E-state index in [0.29, 0.717) is 5.96 Å². The third-order valence-corrected chi connectivity index (χ3v) is 3.04. The highest BCUT2D eigenvalue weighted by molar-refractivity contribution is 5.78. The average Bonchev–Trinajstić information content (AvgIpc) is 2.14. The summed E-state index contributed by atoms with van der Waals surface area (Å²) in [6, 6.07) is 0.248. The number of aliphatic hydroxyl groups is 1. The number of rotatable bonds is 3. The summed E-state index contributed by atoms with van der Waals surface area (Å²) < 4.78 is 0. The zero-order valence-electron chi connectivity index (χ0n) is 9.25. The van der Waals surface area contributed by atoms with E-state index in [1.165, 1.54) is 0 Å². The van der Waals surface area contributed by atoms with Crippen LogP contribution < -0.4 is 11.1 Å². The molecule has 0 spiro atoms. The number of aliphatic imine (C=N–C) groups is 1. The minimum Gasteiger partial charge on any atom is -0.392 e. The van der Waals surface area contributed by atoms with Crippen LogP contribution >= 0.6 is 0 Å². The normalized spacial score (nSPS) is 31.0. The minimum absolute atomic E-state index is 0.0909. The summed E-state index contributed by atoms with van der Waals surface area (Å²) in [6.07, 6.45) is 1.54. The number of aliphatic hydroxyl groups excluding tert-OH is 1. The van der Waals surface area contributed by atoms with E-state index in [-0.39, 0.29) is 17.6 Å². The monoisotopic (exact) mass is 199 g/mol. The first-order valence-electron chi connectivity index (χ1n) is 5.23. The van der Waals surface area contributed by atoms with Crippen molar-refractivity contribution in [2.45, 2.75) is 45.8 Å². The van der Waals surface area contributed by atoms with E-state index in [9.17, 15) is 5.11 Å².